The van der Waals surface area contributed by atoms with E-state index in [0.29, 0.717) is 19.5 Å². The Morgan fingerprint density at radius 2 is 2.09 bits per heavy atom. The molecule has 5 heteroatoms. The van der Waals surface area contributed by atoms with Gasteiger partial charge in [0.05, 0.1) is 5.92 Å². The van der Waals surface area contributed by atoms with E-state index in [1.165, 1.54) is 0 Å². The van der Waals surface area contributed by atoms with Gasteiger partial charge in [0.15, 0.2) is 0 Å². The van der Waals surface area contributed by atoms with Crippen molar-refractivity contribution < 1.29 is 9.59 Å². The third-order valence-electron chi connectivity index (χ3n) is 4.88. The zero-order chi connectivity index (χ0) is 16.2. The van der Waals surface area contributed by atoms with Crippen LogP contribution in [-0.4, -0.2) is 54.3 Å². The molecule has 3 rings (SSSR count). The van der Waals surface area contributed by atoms with Crippen molar-refractivity contribution in [2.75, 3.05) is 26.7 Å². The van der Waals surface area contributed by atoms with Crippen molar-refractivity contribution in [3.8, 4) is 0 Å². The highest BCUT2D eigenvalue weighted by Gasteiger charge is 2.39. The minimum absolute atomic E-state index is 0.0940. The van der Waals surface area contributed by atoms with Gasteiger partial charge < -0.3 is 15.1 Å². The van der Waals surface area contributed by atoms with Crippen LogP contribution in [0.3, 0.4) is 0 Å². The van der Waals surface area contributed by atoms with Gasteiger partial charge >= 0.3 is 0 Å². The summed E-state index contributed by atoms with van der Waals surface area (Å²) in [6.07, 6.45) is 2.47. The third kappa shape index (κ3) is 3.55. The predicted octanol–water partition coefficient (Wildman–Crippen LogP) is 1.25. The van der Waals surface area contributed by atoms with Gasteiger partial charge in [0, 0.05) is 38.6 Å². The smallest absolute Gasteiger partial charge is 0.228 e. The van der Waals surface area contributed by atoms with E-state index >= 15 is 0 Å². The lowest BCUT2D eigenvalue weighted by molar-refractivity contribution is -0.136. The highest BCUT2D eigenvalue weighted by atomic mass is 16.2. The van der Waals surface area contributed by atoms with Crippen molar-refractivity contribution in [1.82, 2.24) is 15.1 Å². The van der Waals surface area contributed by atoms with Crippen LogP contribution in [-0.2, 0) is 16.1 Å². The number of nitrogens with zero attached hydrogens (tertiary/aromatic N) is 2. The van der Waals surface area contributed by atoms with Crippen LogP contribution in [0.25, 0.3) is 0 Å². The molecule has 2 fully saturated rings. The first kappa shape index (κ1) is 16.0. The maximum atomic E-state index is 12.8. The zero-order valence-corrected chi connectivity index (χ0v) is 13.7. The topological polar surface area (TPSA) is 52.7 Å². The second kappa shape index (κ2) is 7.13. The molecule has 2 aliphatic rings. The summed E-state index contributed by atoms with van der Waals surface area (Å²) in [6.45, 7) is 2.81. The van der Waals surface area contributed by atoms with Crippen LogP contribution < -0.4 is 5.32 Å². The number of likely N-dealkylation sites (N-methyl/N-ethyl adjacent to an activating group) is 1. The van der Waals surface area contributed by atoms with E-state index in [1.807, 2.05) is 47.2 Å². The van der Waals surface area contributed by atoms with Crippen LogP contribution in [0.5, 0.6) is 0 Å². The Bertz CT molecular complexity index is 561. The highest BCUT2D eigenvalue weighted by molar-refractivity contribution is 5.89. The van der Waals surface area contributed by atoms with Crippen LogP contribution in [0.1, 0.15) is 24.8 Å². The summed E-state index contributed by atoms with van der Waals surface area (Å²) in [7, 11) is 1.92. The fourth-order valence-electron chi connectivity index (χ4n) is 3.70. The largest absolute Gasteiger partial charge is 0.338 e. The Morgan fingerprint density at radius 1 is 1.30 bits per heavy atom. The molecule has 0 bridgehead atoms. The number of amides is 2. The third-order valence-corrected chi connectivity index (χ3v) is 4.88. The van der Waals surface area contributed by atoms with Crippen LogP contribution in [0, 0.1) is 5.92 Å². The van der Waals surface area contributed by atoms with Gasteiger partial charge in [0.1, 0.15) is 0 Å². The molecule has 1 aromatic rings. The van der Waals surface area contributed by atoms with E-state index in [0.717, 1.165) is 31.5 Å². The van der Waals surface area contributed by atoms with Gasteiger partial charge in [-0.25, -0.2) is 0 Å². The summed E-state index contributed by atoms with van der Waals surface area (Å²) in [5, 5.41) is 3.16. The molecule has 0 radical (unpaired) electrons. The SMILES string of the molecule is CNCC1CCCN1C(=O)C1CC(=O)N(Cc2ccccc2)C1. The molecule has 2 aliphatic heterocycles. The molecule has 0 saturated carbocycles. The van der Waals surface area contributed by atoms with Gasteiger partial charge in [-0.1, -0.05) is 30.3 Å². The van der Waals surface area contributed by atoms with Crippen molar-refractivity contribution in [3.63, 3.8) is 0 Å². The number of carbonyl (C=O) groups excluding carboxylic acids is 2. The average molecular weight is 315 g/mol. The maximum absolute atomic E-state index is 12.8. The summed E-state index contributed by atoms with van der Waals surface area (Å²) >= 11 is 0. The molecule has 2 atom stereocenters. The van der Waals surface area contributed by atoms with E-state index in [1.54, 1.807) is 0 Å². The Hall–Kier alpha value is -1.88. The first-order valence-electron chi connectivity index (χ1n) is 8.46. The van der Waals surface area contributed by atoms with Crippen molar-refractivity contribution >= 4 is 11.8 Å². The second-order valence-electron chi connectivity index (χ2n) is 6.55. The molecule has 2 unspecified atom stereocenters. The Morgan fingerprint density at radius 3 is 2.83 bits per heavy atom. The Kier molecular flexibility index (Phi) is 4.96. The van der Waals surface area contributed by atoms with Gasteiger partial charge in [-0.15, -0.1) is 0 Å². The molecule has 1 aromatic carbocycles. The lowest BCUT2D eigenvalue weighted by Gasteiger charge is -2.27. The van der Waals surface area contributed by atoms with Crippen LogP contribution in [0.4, 0.5) is 0 Å². The molecule has 2 amide bonds. The van der Waals surface area contributed by atoms with Crippen molar-refractivity contribution in [3.05, 3.63) is 35.9 Å². The summed E-state index contributed by atoms with van der Waals surface area (Å²) in [5.41, 5.74) is 1.11. The standard InChI is InChI=1S/C18H25N3O2/c1-19-11-16-8-5-9-21(16)18(23)15-10-17(22)20(13-15)12-14-6-3-2-4-7-14/h2-4,6-7,15-16,19H,5,8-13H2,1H3. The quantitative estimate of drug-likeness (QED) is 0.889. The fraction of sp³-hybridized carbons (Fsp3) is 0.556. The number of hydrogen-bond donors (Lipinski definition) is 1. The van der Waals surface area contributed by atoms with E-state index in [2.05, 4.69) is 5.32 Å². The van der Waals surface area contributed by atoms with Crippen molar-refractivity contribution in [2.24, 2.45) is 5.92 Å². The van der Waals surface area contributed by atoms with E-state index in [-0.39, 0.29) is 23.8 Å². The van der Waals surface area contributed by atoms with E-state index in [4.69, 9.17) is 0 Å². The van der Waals surface area contributed by atoms with Gasteiger partial charge in [0.2, 0.25) is 11.8 Å². The summed E-state index contributed by atoms with van der Waals surface area (Å²) < 4.78 is 0. The Balaban J connectivity index is 1.61. The molecule has 124 valence electrons. The lowest BCUT2D eigenvalue weighted by atomic mass is 10.1. The van der Waals surface area contributed by atoms with E-state index < -0.39 is 0 Å². The van der Waals surface area contributed by atoms with Crippen LogP contribution in [0.2, 0.25) is 0 Å². The molecule has 1 N–H and O–H groups in total. The lowest BCUT2D eigenvalue weighted by Crippen LogP contribution is -2.44. The van der Waals surface area contributed by atoms with Crippen molar-refractivity contribution in [2.45, 2.75) is 31.8 Å². The zero-order valence-electron chi connectivity index (χ0n) is 13.7. The van der Waals surface area contributed by atoms with Crippen LogP contribution in [0.15, 0.2) is 30.3 Å². The second-order valence-corrected chi connectivity index (χ2v) is 6.55. The van der Waals surface area contributed by atoms with Gasteiger partial charge in [-0.2, -0.15) is 0 Å². The van der Waals surface area contributed by atoms with Crippen LogP contribution >= 0.6 is 0 Å². The maximum Gasteiger partial charge on any atom is 0.228 e. The summed E-state index contributed by atoms with van der Waals surface area (Å²) in [4.78, 5) is 28.9. The monoisotopic (exact) mass is 315 g/mol. The predicted molar refractivity (Wildman–Crippen MR) is 88.6 cm³/mol. The van der Waals surface area contributed by atoms with Gasteiger partial charge in [-0.05, 0) is 25.5 Å². The summed E-state index contributed by atoms with van der Waals surface area (Å²) in [6, 6.07) is 10.2. The molecular weight excluding hydrogens is 290 g/mol. The minimum Gasteiger partial charge on any atom is -0.338 e. The average Bonchev–Trinajstić information content (AvgIpc) is 3.16. The number of carbonyl (C=O) groups is 2. The molecule has 5 nitrogen and oxygen atoms in total. The van der Waals surface area contributed by atoms with E-state index in [9.17, 15) is 9.59 Å². The molecule has 23 heavy (non-hydrogen) atoms. The highest BCUT2D eigenvalue weighted by Crippen LogP contribution is 2.26. The molecule has 0 aliphatic carbocycles. The fourth-order valence-corrected chi connectivity index (χ4v) is 3.70. The molecular formula is C18H25N3O2. The number of rotatable bonds is 5. The number of nitrogens with one attached hydrogen (secondary N) is 1. The molecule has 0 spiro atoms. The van der Waals surface area contributed by atoms with Crippen molar-refractivity contribution in [1.29, 1.82) is 0 Å². The number of hydrogen-bond acceptors (Lipinski definition) is 3. The number of benzene rings is 1. The van der Waals surface area contributed by atoms with Gasteiger partial charge in [-0.3, -0.25) is 9.59 Å². The molecule has 2 saturated heterocycles. The number of likely N-dealkylation sites (tertiary alicyclic amines) is 2. The molecule has 2 heterocycles. The normalized spacial score (nSPS) is 24.5. The Labute approximate surface area is 137 Å². The molecule has 0 aromatic heterocycles. The van der Waals surface area contributed by atoms with Gasteiger partial charge in [0.25, 0.3) is 0 Å². The minimum atomic E-state index is -0.177. The first-order chi connectivity index (χ1) is 11.2. The summed E-state index contributed by atoms with van der Waals surface area (Å²) in [5.74, 6) is 0.0758. The first-order valence-corrected chi connectivity index (χ1v) is 8.46.